The van der Waals surface area contributed by atoms with Crippen LogP contribution in [-0.4, -0.2) is 5.71 Å². The van der Waals surface area contributed by atoms with Gasteiger partial charge in [-0.3, -0.25) is 4.99 Å². The molecule has 0 aromatic heterocycles. The first-order chi connectivity index (χ1) is 34.7. The summed E-state index contributed by atoms with van der Waals surface area (Å²) >= 11 is 0. The van der Waals surface area contributed by atoms with E-state index >= 15 is 0 Å². The van der Waals surface area contributed by atoms with Gasteiger partial charge in [-0.1, -0.05) is 234 Å². The van der Waals surface area contributed by atoms with Gasteiger partial charge in [-0.05, 0) is 161 Å². The summed E-state index contributed by atoms with van der Waals surface area (Å²) in [6.45, 7) is 17.8. The molecular formula is C70H61N. The van der Waals surface area contributed by atoms with E-state index in [0.29, 0.717) is 11.8 Å². The molecule has 0 N–H and O–H groups in total. The second-order valence-corrected chi connectivity index (χ2v) is 19.8. The van der Waals surface area contributed by atoms with Crippen LogP contribution in [-0.2, 0) is 5.41 Å². The minimum Gasteiger partial charge on any atom is -0.257 e. The number of fused-ring (bicyclic) bond motifs is 17. The topological polar surface area (TPSA) is 12.4 Å². The predicted molar refractivity (Wildman–Crippen MR) is 307 cm³/mol. The first kappa shape index (κ1) is 45.6. The van der Waals surface area contributed by atoms with Crippen LogP contribution in [0.15, 0.2) is 224 Å². The van der Waals surface area contributed by atoms with Gasteiger partial charge in [-0.2, -0.15) is 0 Å². The lowest BCUT2D eigenvalue weighted by molar-refractivity contribution is 0.736. The quantitative estimate of drug-likeness (QED) is 0.0777. The summed E-state index contributed by atoms with van der Waals surface area (Å²) in [6, 6.07) is 75.5. The van der Waals surface area contributed by atoms with Crippen LogP contribution < -0.4 is 0 Å². The van der Waals surface area contributed by atoms with E-state index in [1.807, 2.05) is 24.3 Å². The zero-order chi connectivity index (χ0) is 48.8. The molecule has 0 saturated carbocycles. The maximum Gasteiger partial charge on any atom is 0.0725 e. The number of hydrogen-bond acceptors (Lipinski definition) is 1. The summed E-state index contributed by atoms with van der Waals surface area (Å²) in [4.78, 5) is 5.03. The fourth-order valence-corrected chi connectivity index (χ4v) is 11.8. The summed E-state index contributed by atoms with van der Waals surface area (Å²) in [6.07, 6.45) is 4.31. The van der Waals surface area contributed by atoms with Crippen molar-refractivity contribution in [2.75, 3.05) is 0 Å². The number of benzene rings is 10. The molecule has 0 amide bonds. The van der Waals surface area contributed by atoms with Crippen molar-refractivity contribution in [1.82, 2.24) is 0 Å². The number of nitrogens with zero attached hydrogens (tertiary/aromatic N) is 1. The lowest BCUT2D eigenvalue weighted by Gasteiger charge is -2.30. The Morgan fingerprint density at radius 3 is 1.73 bits per heavy atom. The highest BCUT2D eigenvalue weighted by Crippen LogP contribution is 2.64. The maximum atomic E-state index is 5.03. The Balaban J connectivity index is 0.000000166. The van der Waals surface area contributed by atoms with Crippen LogP contribution in [0.1, 0.15) is 97.9 Å². The van der Waals surface area contributed by atoms with E-state index in [0.717, 1.165) is 41.0 Å². The van der Waals surface area contributed by atoms with Gasteiger partial charge >= 0.3 is 0 Å². The SMILES string of the molecule is C=C(/C=C(\N=C(C)C(C)CC)c1cccc(-c2ccccc2)c1)c1ccccc1.CCC(C)c1cccc2c3ccc4c(c3c3cccc(C)c3c12)-c1ccccc1C41c2ccccc2-c2ccccc21. The van der Waals surface area contributed by atoms with E-state index in [1.54, 1.807) is 0 Å². The maximum absolute atomic E-state index is 5.03. The molecule has 0 radical (unpaired) electrons. The third-order valence-electron chi connectivity index (χ3n) is 15.8. The molecule has 0 fully saturated rings. The molecule has 71 heavy (non-hydrogen) atoms. The minimum atomic E-state index is -0.322. The Morgan fingerprint density at radius 2 is 1.06 bits per heavy atom. The number of allylic oxidation sites excluding steroid dienone is 2. The van der Waals surface area contributed by atoms with Gasteiger partial charge in [0.2, 0.25) is 0 Å². The first-order valence-electron chi connectivity index (χ1n) is 25.6. The van der Waals surface area contributed by atoms with Crippen LogP contribution >= 0.6 is 0 Å². The van der Waals surface area contributed by atoms with E-state index in [1.165, 1.54) is 99.1 Å². The highest BCUT2D eigenvalue weighted by Gasteiger charge is 2.52. The lowest BCUT2D eigenvalue weighted by atomic mass is 9.70. The number of aryl methyl sites for hydroxylation is 1. The molecule has 2 aliphatic carbocycles. The zero-order valence-electron chi connectivity index (χ0n) is 41.9. The number of aliphatic imine (C=N–C) groups is 1. The highest BCUT2D eigenvalue weighted by molar-refractivity contribution is 6.31. The Labute approximate surface area is 420 Å². The molecule has 1 spiro atoms. The smallest absolute Gasteiger partial charge is 0.0725 e. The van der Waals surface area contributed by atoms with Gasteiger partial charge in [0.25, 0.3) is 0 Å². The van der Waals surface area contributed by atoms with Gasteiger partial charge in [0.05, 0.1) is 11.1 Å². The molecule has 2 atom stereocenters. The van der Waals surface area contributed by atoms with E-state index in [-0.39, 0.29) is 5.41 Å². The highest BCUT2D eigenvalue weighted by atomic mass is 14.8. The molecule has 346 valence electrons. The first-order valence-corrected chi connectivity index (χ1v) is 25.6. The average molecular weight is 916 g/mol. The van der Waals surface area contributed by atoms with E-state index in [2.05, 4.69) is 236 Å². The predicted octanol–water partition coefficient (Wildman–Crippen LogP) is 19.2. The van der Waals surface area contributed by atoms with Crippen molar-refractivity contribution in [3.05, 3.63) is 263 Å². The summed E-state index contributed by atoms with van der Waals surface area (Å²) < 4.78 is 0. The van der Waals surface area contributed by atoms with Crippen molar-refractivity contribution in [3.8, 4) is 33.4 Å². The van der Waals surface area contributed by atoms with Gasteiger partial charge in [-0.15, -0.1) is 0 Å². The van der Waals surface area contributed by atoms with Crippen LogP contribution in [0.5, 0.6) is 0 Å². The molecule has 2 unspecified atom stereocenters. The largest absolute Gasteiger partial charge is 0.257 e. The molecule has 10 aromatic rings. The normalized spacial score (nSPS) is 14.1. The summed E-state index contributed by atoms with van der Waals surface area (Å²) in [5.74, 6) is 0.944. The van der Waals surface area contributed by atoms with Crippen LogP contribution in [0.4, 0.5) is 0 Å². The second kappa shape index (κ2) is 18.8. The third-order valence-corrected chi connectivity index (χ3v) is 15.8. The van der Waals surface area contributed by atoms with Gasteiger partial charge in [0.1, 0.15) is 0 Å². The Hall–Kier alpha value is -7.87. The zero-order valence-corrected chi connectivity index (χ0v) is 41.9. The Morgan fingerprint density at radius 1 is 0.507 bits per heavy atom. The van der Waals surface area contributed by atoms with Gasteiger partial charge in [-0.25, -0.2) is 0 Å². The van der Waals surface area contributed by atoms with Crippen LogP contribution in [0.3, 0.4) is 0 Å². The van der Waals surface area contributed by atoms with Crippen LogP contribution in [0.2, 0.25) is 0 Å². The third kappa shape index (κ3) is 7.58. The molecular weight excluding hydrogens is 855 g/mol. The monoisotopic (exact) mass is 915 g/mol. The molecule has 1 nitrogen and oxygen atoms in total. The summed E-state index contributed by atoms with van der Waals surface area (Å²) in [5, 5.41) is 8.35. The minimum absolute atomic E-state index is 0.322. The second-order valence-electron chi connectivity index (χ2n) is 19.8. The molecule has 2 aliphatic rings. The molecule has 12 rings (SSSR count). The molecule has 0 bridgehead atoms. The fraction of sp³-hybridized carbons (Fsp3) is 0.157. The van der Waals surface area contributed by atoms with Gasteiger partial charge in [0, 0.05) is 11.3 Å². The van der Waals surface area contributed by atoms with Gasteiger partial charge < -0.3 is 0 Å². The number of rotatable bonds is 9. The standard InChI is InChI=1S/C42H32.C28H29N/c1-4-25(2)27-17-12-18-30-31-23-24-37-41(40(31)33-19-11-13-26(3)38(33)39(27)30)32-16-7-10-22-36(32)42(37)34-20-8-5-14-28(34)29-15-6-9-21-35(29)42;1-5-21(2)23(4)29-28(19-22(3)24-13-8-6-9-14-24)27-18-12-17-26(20-27)25-15-10-7-11-16-25/h5-25H,4H2,1-3H3;6-21H,3,5H2,1-2,4H3/b;28-19-,29-23?. The molecule has 0 heterocycles. The van der Waals surface area contributed by atoms with Crippen molar-refractivity contribution < 1.29 is 0 Å². The molecule has 0 aliphatic heterocycles. The van der Waals surface area contributed by atoms with Crippen molar-refractivity contribution in [3.63, 3.8) is 0 Å². The van der Waals surface area contributed by atoms with E-state index < -0.39 is 0 Å². The van der Waals surface area contributed by atoms with Crippen molar-refractivity contribution in [2.45, 2.75) is 65.7 Å². The molecule has 10 aromatic carbocycles. The number of hydrogen-bond donors (Lipinski definition) is 0. The van der Waals surface area contributed by atoms with Crippen molar-refractivity contribution in [2.24, 2.45) is 10.9 Å². The van der Waals surface area contributed by atoms with Gasteiger partial charge in [0.15, 0.2) is 0 Å². The Kier molecular flexibility index (Phi) is 12.1. The summed E-state index contributed by atoms with van der Waals surface area (Å²) in [7, 11) is 0. The average Bonchev–Trinajstić information content (AvgIpc) is 3.90. The van der Waals surface area contributed by atoms with E-state index in [4.69, 9.17) is 4.99 Å². The lowest BCUT2D eigenvalue weighted by Crippen LogP contribution is -2.25. The van der Waals surface area contributed by atoms with Crippen LogP contribution in [0.25, 0.3) is 77.0 Å². The van der Waals surface area contributed by atoms with E-state index in [9.17, 15) is 0 Å². The van der Waals surface area contributed by atoms with Crippen molar-refractivity contribution in [1.29, 1.82) is 0 Å². The summed E-state index contributed by atoms with van der Waals surface area (Å²) in [5.41, 5.74) is 21.3. The molecule has 0 saturated heterocycles. The van der Waals surface area contributed by atoms with Crippen molar-refractivity contribution >= 4 is 49.3 Å². The molecule has 1 heteroatoms. The van der Waals surface area contributed by atoms with Crippen LogP contribution in [0, 0.1) is 12.8 Å². The Bertz CT molecular complexity index is 3690. The fourth-order valence-electron chi connectivity index (χ4n) is 11.8.